The van der Waals surface area contributed by atoms with E-state index < -0.39 is 23.6 Å². The van der Waals surface area contributed by atoms with Crippen LogP contribution in [0.5, 0.6) is 5.75 Å². The summed E-state index contributed by atoms with van der Waals surface area (Å²) < 4.78 is 51.6. The van der Waals surface area contributed by atoms with Crippen molar-refractivity contribution in [1.29, 1.82) is 0 Å². The third-order valence-electron chi connectivity index (χ3n) is 1.53. The summed E-state index contributed by atoms with van der Waals surface area (Å²) in [6, 6.07) is 1.62. The van der Waals surface area contributed by atoms with Crippen LogP contribution in [0.4, 0.5) is 23.2 Å². The lowest BCUT2D eigenvalue weighted by Gasteiger charge is -2.11. The third-order valence-corrected chi connectivity index (χ3v) is 1.53. The molecule has 0 amide bonds. The van der Waals surface area contributed by atoms with Crippen molar-refractivity contribution in [2.24, 2.45) is 0 Å². The second-order valence-corrected chi connectivity index (χ2v) is 2.55. The van der Waals surface area contributed by atoms with Crippen molar-refractivity contribution in [2.45, 2.75) is 6.36 Å². The number of aldehydes is 1. The predicted molar refractivity (Wildman–Crippen MR) is 42.9 cm³/mol. The van der Waals surface area contributed by atoms with Gasteiger partial charge in [-0.2, -0.15) is 0 Å². The van der Waals surface area contributed by atoms with E-state index in [0.29, 0.717) is 6.07 Å². The second kappa shape index (κ2) is 3.76. The fourth-order valence-corrected chi connectivity index (χ4v) is 0.894. The highest BCUT2D eigenvalue weighted by atomic mass is 19.4. The van der Waals surface area contributed by atoms with Crippen LogP contribution >= 0.6 is 0 Å². The number of ether oxygens (including phenoxy) is 1. The third kappa shape index (κ3) is 2.58. The zero-order valence-electron chi connectivity index (χ0n) is 7.14. The number of anilines is 1. The fraction of sp³-hybridized carbons (Fsp3) is 0.125. The summed E-state index contributed by atoms with van der Waals surface area (Å²) in [6.45, 7) is 0. The fourth-order valence-electron chi connectivity index (χ4n) is 0.894. The van der Waals surface area contributed by atoms with E-state index in [1.165, 1.54) is 0 Å². The molecule has 0 aliphatic carbocycles. The molecule has 0 heterocycles. The maximum absolute atomic E-state index is 13.1. The molecule has 0 bridgehead atoms. The quantitative estimate of drug-likeness (QED) is 0.474. The summed E-state index contributed by atoms with van der Waals surface area (Å²) in [5.74, 6) is -2.47. The van der Waals surface area contributed by atoms with E-state index in [9.17, 15) is 22.4 Å². The molecule has 0 aliphatic heterocycles. The Balaban J connectivity index is 3.12. The van der Waals surface area contributed by atoms with Crippen LogP contribution in [0.3, 0.4) is 0 Å². The highest BCUT2D eigenvalue weighted by Crippen LogP contribution is 2.29. The normalized spacial score (nSPS) is 11.2. The Kier molecular flexibility index (Phi) is 2.83. The van der Waals surface area contributed by atoms with Crippen molar-refractivity contribution < 1.29 is 27.1 Å². The Morgan fingerprint density at radius 2 is 1.93 bits per heavy atom. The molecule has 0 fully saturated rings. The molecule has 82 valence electrons. The number of carbonyl (C=O) groups is 1. The largest absolute Gasteiger partial charge is 0.573 e. The first-order chi connectivity index (χ1) is 6.85. The number of carbonyl (C=O) groups excluding carboxylic acids is 1. The Morgan fingerprint density at radius 3 is 2.40 bits per heavy atom. The molecule has 0 saturated heterocycles. The van der Waals surface area contributed by atoms with Gasteiger partial charge in [0.2, 0.25) is 0 Å². The van der Waals surface area contributed by atoms with Crippen molar-refractivity contribution in [1.82, 2.24) is 0 Å². The summed E-state index contributed by atoms with van der Waals surface area (Å²) in [5.41, 5.74) is 4.15. The van der Waals surface area contributed by atoms with Gasteiger partial charge in [-0.15, -0.1) is 13.2 Å². The zero-order chi connectivity index (χ0) is 11.6. The van der Waals surface area contributed by atoms with Gasteiger partial charge < -0.3 is 10.5 Å². The van der Waals surface area contributed by atoms with E-state index in [2.05, 4.69) is 4.74 Å². The molecule has 0 saturated carbocycles. The first-order valence-corrected chi connectivity index (χ1v) is 3.64. The maximum Gasteiger partial charge on any atom is 0.573 e. The molecule has 1 aromatic carbocycles. The van der Waals surface area contributed by atoms with Crippen LogP contribution in [0, 0.1) is 5.82 Å². The topological polar surface area (TPSA) is 52.3 Å². The SMILES string of the molecule is Nc1c(C=O)ccc(OC(F)(F)F)c1F. The molecule has 0 unspecified atom stereocenters. The van der Waals surface area contributed by atoms with Crippen LogP contribution in [0.25, 0.3) is 0 Å². The van der Waals surface area contributed by atoms with E-state index >= 15 is 0 Å². The Bertz CT molecular complexity index is 389. The van der Waals surface area contributed by atoms with E-state index in [0.717, 1.165) is 6.07 Å². The number of benzene rings is 1. The Hall–Kier alpha value is -1.79. The van der Waals surface area contributed by atoms with Crippen LogP contribution in [0.2, 0.25) is 0 Å². The molecule has 2 N–H and O–H groups in total. The first kappa shape index (κ1) is 11.3. The van der Waals surface area contributed by atoms with E-state index in [1.807, 2.05) is 0 Å². The van der Waals surface area contributed by atoms with Crippen molar-refractivity contribution in [3.63, 3.8) is 0 Å². The standard InChI is InChI=1S/C8H5F4NO2/c9-6-5(15-8(10,11)12)2-1-4(3-14)7(6)13/h1-3H,13H2. The molecule has 0 aromatic heterocycles. The van der Waals surface area contributed by atoms with Crippen LogP contribution in [0.15, 0.2) is 12.1 Å². The lowest BCUT2D eigenvalue weighted by atomic mass is 10.2. The van der Waals surface area contributed by atoms with Gasteiger partial charge in [0.05, 0.1) is 5.69 Å². The number of rotatable bonds is 2. The van der Waals surface area contributed by atoms with Crippen molar-refractivity contribution in [3.05, 3.63) is 23.5 Å². The number of alkyl halides is 3. The average Bonchev–Trinajstić information content (AvgIpc) is 2.11. The lowest BCUT2D eigenvalue weighted by Crippen LogP contribution is -2.18. The van der Waals surface area contributed by atoms with Gasteiger partial charge in [0, 0.05) is 5.56 Å². The van der Waals surface area contributed by atoms with Gasteiger partial charge in [0.1, 0.15) is 0 Å². The van der Waals surface area contributed by atoms with Crippen molar-refractivity contribution in [2.75, 3.05) is 5.73 Å². The molecule has 1 rings (SSSR count). The van der Waals surface area contributed by atoms with Gasteiger partial charge in [-0.25, -0.2) is 4.39 Å². The average molecular weight is 223 g/mol. The summed E-state index contributed by atoms with van der Waals surface area (Å²) in [6.07, 6.45) is -4.77. The van der Waals surface area contributed by atoms with E-state index in [-0.39, 0.29) is 11.8 Å². The van der Waals surface area contributed by atoms with E-state index in [4.69, 9.17) is 5.73 Å². The minimum Gasteiger partial charge on any atom is -0.403 e. The van der Waals surface area contributed by atoms with Gasteiger partial charge in [0.25, 0.3) is 0 Å². The molecule has 0 radical (unpaired) electrons. The number of hydrogen-bond donors (Lipinski definition) is 1. The van der Waals surface area contributed by atoms with Crippen LogP contribution in [-0.4, -0.2) is 12.6 Å². The summed E-state index contributed by atoms with van der Waals surface area (Å²) >= 11 is 0. The minimum atomic E-state index is -5.00. The number of halogens is 4. The Morgan fingerprint density at radius 1 is 1.33 bits per heavy atom. The van der Waals surface area contributed by atoms with Gasteiger partial charge in [0.15, 0.2) is 17.9 Å². The predicted octanol–water partition coefficient (Wildman–Crippen LogP) is 2.12. The highest BCUT2D eigenvalue weighted by molar-refractivity contribution is 5.84. The molecule has 0 atom stereocenters. The number of hydrogen-bond acceptors (Lipinski definition) is 3. The number of nitrogen functional groups attached to an aromatic ring is 1. The lowest BCUT2D eigenvalue weighted by molar-refractivity contribution is -0.275. The summed E-state index contributed by atoms with van der Waals surface area (Å²) in [5, 5.41) is 0. The van der Waals surface area contributed by atoms with Gasteiger partial charge in [-0.1, -0.05) is 0 Å². The zero-order valence-corrected chi connectivity index (χ0v) is 7.14. The number of nitrogens with two attached hydrogens (primary N) is 1. The maximum atomic E-state index is 13.1. The molecular weight excluding hydrogens is 218 g/mol. The molecule has 3 nitrogen and oxygen atoms in total. The molecule has 0 aliphatic rings. The first-order valence-electron chi connectivity index (χ1n) is 3.64. The van der Waals surface area contributed by atoms with Gasteiger partial charge in [-0.3, -0.25) is 4.79 Å². The molecule has 0 spiro atoms. The smallest absolute Gasteiger partial charge is 0.403 e. The summed E-state index contributed by atoms with van der Waals surface area (Å²) in [7, 11) is 0. The van der Waals surface area contributed by atoms with Gasteiger partial charge in [-0.05, 0) is 12.1 Å². The van der Waals surface area contributed by atoms with Gasteiger partial charge >= 0.3 is 6.36 Å². The van der Waals surface area contributed by atoms with E-state index in [1.54, 1.807) is 0 Å². The molecule has 7 heteroatoms. The van der Waals surface area contributed by atoms with Crippen molar-refractivity contribution >= 4 is 12.0 Å². The highest BCUT2D eigenvalue weighted by Gasteiger charge is 2.32. The van der Waals surface area contributed by atoms with Crippen molar-refractivity contribution in [3.8, 4) is 5.75 Å². The second-order valence-electron chi connectivity index (χ2n) is 2.55. The van der Waals surface area contributed by atoms with Crippen LogP contribution < -0.4 is 10.5 Å². The van der Waals surface area contributed by atoms with Crippen LogP contribution in [0.1, 0.15) is 10.4 Å². The minimum absolute atomic E-state index is 0.232. The molecule has 1 aromatic rings. The monoisotopic (exact) mass is 223 g/mol. The summed E-state index contributed by atoms with van der Waals surface area (Å²) in [4.78, 5) is 10.3. The molecular formula is C8H5F4NO2. The molecule has 15 heavy (non-hydrogen) atoms. The Labute approximate surface area is 81.4 Å². The van der Waals surface area contributed by atoms with Crippen LogP contribution in [-0.2, 0) is 0 Å².